The van der Waals surface area contributed by atoms with E-state index in [9.17, 15) is 0 Å². The smallest absolute Gasteiger partial charge is 0.0497 e. The molecule has 4 aromatic rings. The molecule has 0 atom stereocenters. The zero-order valence-corrected chi connectivity index (χ0v) is 17.7. The Kier molecular flexibility index (Phi) is 5.24. The van der Waals surface area contributed by atoms with Crippen molar-refractivity contribution in [3.8, 4) is 0 Å². The average molecular weight is 400 g/mol. The van der Waals surface area contributed by atoms with E-state index in [1.54, 1.807) is 0 Å². The van der Waals surface area contributed by atoms with Gasteiger partial charge in [0.1, 0.15) is 0 Å². The number of allylic oxidation sites excluding steroid dienone is 4. The Labute approximate surface area is 184 Å². The molecule has 4 aromatic carbocycles. The molecule has 0 N–H and O–H groups in total. The van der Waals surface area contributed by atoms with E-state index >= 15 is 0 Å². The Morgan fingerprint density at radius 2 is 1.32 bits per heavy atom. The second-order valence-electron chi connectivity index (χ2n) is 7.78. The van der Waals surface area contributed by atoms with Gasteiger partial charge in [-0.05, 0) is 64.7 Å². The van der Waals surface area contributed by atoms with Crippen molar-refractivity contribution in [1.82, 2.24) is 0 Å². The van der Waals surface area contributed by atoms with Gasteiger partial charge in [-0.1, -0.05) is 91.0 Å². The molecular weight excluding hydrogens is 374 g/mol. The molecule has 0 aliphatic heterocycles. The van der Waals surface area contributed by atoms with Crippen LogP contribution in [-0.4, -0.2) is 0 Å². The maximum absolute atomic E-state index is 2.36. The van der Waals surface area contributed by atoms with E-state index in [0.717, 1.165) is 17.8 Å². The molecule has 150 valence electrons. The van der Waals surface area contributed by atoms with Crippen molar-refractivity contribution in [3.63, 3.8) is 0 Å². The van der Waals surface area contributed by atoms with Crippen LogP contribution in [-0.2, 0) is 6.42 Å². The maximum atomic E-state index is 2.36. The van der Waals surface area contributed by atoms with E-state index in [1.807, 2.05) is 0 Å². The van der Waals surface area contributed by atoms with Crippen LogP contribution in [0.15, 0.2) is 127 Å². The third kappa shape index (κ3) is 3.71. The fourth-order valence-electron chi connectivity index (χ4n) is 4.41. The number of anilines is 2. The van der Waals surface area contributed by atoms with Crippen molar-refractivity contribution in [1.29, 1.82) is 0 Å². The van der Waals surface area contributed by atoms with Gasteiger partial charge in [-0.2, -0.15) is 0 Å². The number of para-hydroxylation sites is 2. The topological polar surface area (TPSA) is 3.24 Å². The van der Waals surface area contributed by atoms with Gasteiger partial charge in [-0.15, -0.1) is 0 Å². The third-order valence-corrected chi connectivity index (χ3v) is 5.83. The normalized spacial score (nSPS) is 13.5. The van der Waals surface area contributed by atoms with Gasteiger partial charge in [0, 0.05) is 23.5 Å². The summed E-state index contributed by atoms with van der Waals surface area (Å²) < 4.78 is 0. The lowest BCUT2D eigenvalue weighted by molar-refractivity contribution is 1.12. The highest BCUT2D eigenvalue weighted by Crippen LogP contribution is 2.36. The molecule has 1 nitrogen and oxygen atoms in total. The molecule has 0 aromatic heterocycles. The van der Waals surface area contributed by atoms with Crippen LogP contribution < -0.4 is 4.90 Å². The van der Waals surface area contributed by atoms with E-state index in [0.29, 0.717) is 0 Å². The molecule has 0 radical (unpaired) electrons. The van der Waals surface area contributed by atoms with E-state index in [-0.39, 0.29) is 0 Å². The predicted octanol–water partition coefficient (Wildman–Crippen LogP) is 8.08. The molecule has 0 unspecified atom stereocenters. The second kappa shape index (κ2) is 8.49. The van der Waals surface area contributed by atoms with Crippen molar-refractivity contribution < 1.29 is 0 Å². The summed E-state index contributed by atoms with van der Waals surface area (Å²) in [6, 6.07) is 34.4. The van der Waals surface area contributed by atoms with E-state index in [1.165, 1.54) is 33.2 Å². The first kappa shape index (κ1) is 19.1. The number of rotatable bonds is 4. The Morgan fingerprint density at radius 3 is 2.00 bits per heavy atom. The summed E-state index contributed by atoms with van der Waals surface area (Å²) in [5, 5.41) is 2.62. The van der Waals surface area contributed by atoms with Crippen LogP contribution in [0.4, 0.5) is 11.4 Å². The summed E-state index contributed by atoms with van der Waals surface area (Å²) in [6.45, 7) is 2.10. The highest BCUT2D eigenvalue weighted by Gasteiger charge is 2.19. The largest absolute Gasteiger partial charge is 0.310 e. The van der Waals surface area contributed by atoms with Crippen molar-refractivity contribution in [2.75, 3.05) is 4.90 Å². The fraction of sp³-hybridized carbons (Fsp3) is 0.0667. The quantitative estimate of drug-likeness (QED) is 0.335. The van der Waals surface area contributed by atoms with Crippen LogP contribution >= 0.6 is 0 Å². The first-order valence-corrected chi connectivity index (χ1v) is 10.8. The lowest BCUT2D eigenvalue weighted by Gasteiger charge is -2.28. The lowest BCUT2D eigenvalue weighted by atomic mass is 9.94. The van der Waals surface area contributed by atoms with Crippen LogP contribution in [0.2, 0.25) is 0 Å². The number of nitrogens with zero attached hydrogens (tertiary/aromatic N) is 1. The van der Waals surface area contributed by atoms with Crippen molar-refractivity contribution in [2.45, 2.75) is 13.3 Å². The molecule has 0 bridgehead atoms. The zero-order valence-electron chi connectivity index (χ0n) is 17.7. The molecule has 1 aliphatic carbocycles. The standard InChI is InChI=1S/C30H25N/c1-2-11-25-22-29-24(19-18-23-12-9-10-17-28(23)29)20-21-30(25)31(26-13-5-3-6-14-26)27-15-7-4-8-16-27/h2-21H,22H2,1H3/b11-2-. The molecule has 0 saturated carbocycles. The average Bonchev–Trinajstić information content (AvgIpc) is 3.01. The van der Waals surface area contributed by atoms with Gasteiger partial charge in [0.25, 0.3) is 0 Å². The number of benzene rings is 4. The molecule has 1 aliphatic rings. The monoisotopic (exact) mass is 399 g/mol. The van der Waals surface area contributed by atoms with Gasteiger partial charge in [-0.3, -0.25) is 0 Å². The Hall–Kier alpha value is -3.84. The number of hydrogen-bond donors (Lipinski definition) is 0. The summed E-state index contributed by atoms with van der Waals surface area (Å²) >= 11 is 0. The molecule has 5 rings (SSSR count). The van der Waals surface area contributed by atoms with Crippen molar-refractivity contribution in [2.24, 2.45) is 0 Å². The molecule has 1 heteroatoms. The Bertz CT molecular complexity index is 1250. The molecule has 0 amide bonds. The lowest BCUT2D eigenvalue weighted by Crippen LogP contribution is -2.17. The Morgan fingerprint density at radius 1 is 0.677 bits per heavy atom. The van der Waals surface area contributed by atoms with Crippen LogP contribution in [0.1, 0.15) is 18.1 Å². The Balaban J connectivity index is 1.74. The second-order valence-corrected chi connectivity index (χ2v) is 7.78. The van der Waals surface area contributed by atoms with Gasteiger partial charge in [0.2, 0.25) is 0 Å². The van der Waals surface area contributed by atoms with E-state index < -0.39 is 0 Å². The van der Waals surface area contributed by atoms with E-state index in [4.69, 9.17) is 0 Å². The molecule has 0 saturated heterocycles. The zero-order chi connectivity index (χ0) is 21.0. The minimum atomic E-state index is 0.888. The SMILES string of the molecule is C/C=C\C1=C(N(c2ccccc2)c2ccccc2)C=Cc2ccc3ccccc3c2C1. The highest BCUT2D eigenvalue weighted by atomic mass is 15.1. The minimum absolute atomic E-state index is 0.888. The first-order chi connectivity index (χ1) is 15.3. The first-order valence-electron chi connectivity index (χ1n) is 10.8. The summed E-state index contributed by atoms with van der Waals surface area (Å²) in [4.78, 5) is 2.36. The molecule has 0 spiro atoms. The summed E-state index contributed by atoms with van der Waals surface area (Å²) in [5.74, 6) is 0. The van der Waals surface area contributed by atoms with Crippen LogP contribution in [0, 0.1) is 0 Å². The maximum Gasteiger partial charge on any atom is 0.0497 e. The van der Waals surface area contributed by atoms with E-state index in [2.05, 4.69) is 133 Å². The number of fused-ring (bicyclic) bond motifs is 3. The number of hydrogen-bond acceptors (Lipinski definition) is 1. The molecular formula is C30H25N. The predicted molar refractivity (Wildman–Crippen MR) is 134 cm³/mol. The van der Waals surface area contributed by atoms with Gasteiger partial charge in [0.05, 0.1) is 0 Å². The van der Waals surface area contributed by atoms with Gasteiger partial charge < -0.3 is 4.90 Å². The van der Waals surface area contributed by atoms with Crippen LogP contribution in [0.5, 0.6) is 0 Å². The van der Waals surface area contributed by atoms with Crippen molar-refractivity contribution in [3.05, 3.63) is 138 Å². The van der Waals surface area contributed by atoms with Crippen LogP contribution in [0.3, 0.4) is 0 Å². The molecule has 31 heavy (non-hydrogen) atoms. The molecule has 0 heterocycles. The third-order valence-electron chi connectivity index (χ3n) is 5.83. The molecule has 0 fully saturated rings. The summed E-state index contributed by atoms with van der Waals surface area (Å²) in [7, 11) is 0. The van der Waals surface area contributed by atoms with Crippen LogP contribution in [0.25, 0.3) is 16.8 Å². The van der Waals surface area contributed by atoms with Gasteiger partial charge in [0.15, 0.2) is 0 Å². The van der Waals surface area contributed by atoms with Crippen molar-refractivity contribution >= 4 is 28.2 Å². The highest BCUT2D eigenvalue weighted by molar-refractivity contribution is 5.90. The summed E-state index contributed by atoms with van der Waals surface area (Å²) in [5.41, 5.74) is 7.50. The minimum Gasteiger partial charge on any atom is -0.310 e. The summed E-state index contributed by atoms with van der Waals surface area (Å²) in [6.07, 6.45) is 9.84. The fourth-order valence-corrected chi connectivity index (χ4v) is 4.41. The van der Waals surface area contributed by atoms with Gasteiger partial charge in [-0.25, -0.2) is 0 Å². The van der Waals surface area contributed by atoms with Gasteiger partial charge >= 0.3 is 0 Å².